The van der Waals surface area contributed by atoms with Crippen LogP contribution >= 0.6 is 0 Å². The number of benzene rings is 2. The lowest BCUT2D eigenvalue weighted by atomic mass is 10.1. The van der Waals surface area contributed by atoms with E-state index in [4.69, 9.17) is 5.11 Å². The number of hydrogen-bond acceptors (Lipinski definition) is 3. The molecule has 0 saturated carbocycles. The van der Waals surface area contributed by atoms with Gasteiger partial charge in [0.1, 0.15) is 0 Å². The summed E-state index contributed by atoms with van der Waals surface area (Å²) < 4.78 is 0. The van der Waals surface area contributed by atoms with Gasteiger partial charge in [-0.15, -0.1) is 0 Å². The standard InChI is InChI=1S/C20H22N2O4/c23-18(8-4-7-15-5-2-1-3-6-15)22-17-11-9-16(10-12-17)20(26)21-14-13-19(24)25/h1-3,5-6,9-12H,4,7-8,13-14H2,(H,21,26)(H,22,23)(H,24,25). The molecule has 6 nitrogen and oxygen atoms in total. The third-order valence-electron chi connectivity index (χ3n) is 3.77. The molecule has 3 N–H and O–H groups in total. The van der Waals surface area contributed by atoms with Gasteiger partial charge in [-0.3, -0.25) is 14.4 Å². The summed E-state index contributed by atoms with van der Waals surface area (Å²) >= 11 is 0. The predicted molar refractivity (Wildman–Crippen MR) is 99.0 cm³/mol. The zero-order chi connectivity index (χ0) is 18.8. The number of anilines is 1. The number of carboxylic acid groups (broad SMARTS) is 1. The van der Waals surface area contributed by atoms with Gasteiger partial charge < -0.3 is 15.7 Å². The van der Waals surface area contributed by atoms with E-state index in [1.54, 1.807) is 24.3 Å². The summed E-state index contributed by atoms with van der Waals surface area (Å²) in [6, 6.07) is 16.5. The Kier molecular flexibility index (Phi) is 7.36. The first kappa shape index (κ1) is 19.2. The fourth-order valence-corrected chi connectivity index (χ4v) is 2.41. The maximum Gasteiger partial charge on any atom is 0.305 e. The first-order valence-corrected chi connectivity index (χ1v) is 8.48. The smallest absolute Gasteiger partial charge is 0.305 e. The number of carbonyl (C=O) groups is 3. The zero-order valence-corrected chi connectivity index (χ0v) is 14.4. The minimum absolute atomic E-state index is 0.0698. The molecule has 0 bridgehead atoms. The molecule has 0 heterocycles. The zero-order valence-electron chi connectivity index (χ0n) is 14.4. The Hall–Kier alpha value is -3.15. The highest BCUT2D eigenvalue weighted by molar-refractivity contribution is 5.95. The van der Waals surface area contributed by atoms with Gasteiger partial charge in [-0.1, -0.05) is 30.3 Å². The van der Waals surface area contributed by atoms with Crippen molar-refractivity contribution in [2.75, 3.05) is 11.9 Å². The Balaban J connectivity index is 1.74. The van der Waals surface area contributed by atoms with Crippen LogP contribution < -0.4 is 10.6 Å². The molecule has 0 saturated heterocycles. The van der Waals surface area contributed by atoms with Crippen molar-refractivity contribution in [2.45, 2.75) is 25.7 Å². The fraction of sp³-hybridized carbons (Fsp3) is 0.250. The van der Waals surface area contributed by atoms with Gasteiger partial charge in [0.2, 0.25) is 5.91 Å². The number of aliphatic carboxylic acids is 1. The van der Waals surface area contributed by atoms with Crippen molar-refractivity contribution in [3.63, 3.8) is 0 Å². The van der Waals surface area contributed by atoms with E-state index in [9.17, 15) is 14.4 Å². The quantitative estimate of drug-likeness (QED) is 0.645. The second-order valence-corrected chi connectivity index (χ2v) is 5.86. The van der Waals surface area contributed by atoms with E-state index in [2.05, 4.69) is 10.6 Å². The number of hydrogen-bond donors (Lipinski definition) is 3. The van der Waals surface area contributed by atoms with Crippen LogP contribution in [0.3, 0.4) is 0 Å². The summed E-state index contributed by atoms with van der Waals surface area (Å²) in [7, 11) is 0. The van der Waals surface area contributed by atoms with Gasteiger partial charge in [-0.25, -0.2) is 0 Å². The summed E-state index contributed by atoms with van der Waals surface area (Å²) in [6.45, 7) is 0.0774. The lowest BCUT2D eigenvalue weighted by Crippen LogP contribution is -2.25. The van der Waals surface area contributed by atoms with Gasteiger partial charge in [-0.05, 0) is 42.7 Å². The average molecular weight is 354 g/mol. The second-order valence-electron chi connectivity index (χ2n) is 5.86. The molecule has 0 aliphatic rings. The van der Waals surface area contributed by atoms with Crippen LogP contribution in [-0.4, -0.2) is 29.4 Å². The Morgan fingerprint density at radius 1 is 0.885 bits per heavy atom. The molecule has 0 spiro atoms. The van der Waals surface area contributed by atoms with E-state index in [1.165, 1.54) is 5.56 Å². The summed E-state index contributed by atoms with van der Waals surface area (Å²) in [6.07, 6.45) is 1.92. The van der Waals surface area contributed by atoms with Crippen molar-refractivity contribution in [1.82, 2.24) is 5.32 Å². The van der Waals surface area contributed by atoms with Gasteiger partial charge in [0.15, 0.2) is 0 Å². The van der Waals surface area contributed by atoms with Gasteiger partial charge in [-0.2, -0.15) is 0 Å². The Bertz CT molecular complexity index is 742. The molecular weight excluding hydrogens is 332 g/mol. The molecule has 0 aliphatic carbocycles. The minimum Gasteiger partial charge on any atom is -0.481 e. The van der Waals surface area contributed by atoms with Crippen LogP contribution in [0.25, 0.3) is 0 Å². The normalized spacial score (nSPS) is 10.2. The summed E-state index contributed by atoms with van der Waals surface area (Å²) in [4.78, 5) is 34.3. The molecular formula is C20H22N2O4. The molecule has 2 rings (SSSR count). The molecule has 136 valence electrons. The van der Waals surface area contributed by atoms with Gasteiger partial charge >= 0.3 is 5.97 Å². The van der Waals surface area contributed by atoms with Gasteiger partial charge in [0, 0.05) is 24.2 Å². The minimum atomic E-state index is -0.962. The lowest BCUT2D eigenvalue weighted by Gasteiger charge is -2.07. The summed E-state index contributed by atoms with van der Waals surface area (Å²) in [5, 5.41) is 13.9. The highest BCUT2D eigenvalue weighted by Crippen LogP contribution is 2.11. The van der Waals surface area contributed by atoms with E-state index < -0.39 is 5.97 Å². The second kappa shape index (κ2) is 9.98. The molecule has 2 aromatic rings. The van der Waals surface area contributed by atoms with Crippen LogP contribution in [0.5, 0.6) is 0 Å². The van der Waals surface area contributed by atoms with Gasteiger partial charge in [0.25, 0.3) is 5.91 Å². The topological polar surface area (TPSA) is 95.5 Å². The van der Waals surface area contributed by atoms with Crippen molar-refractivity contribution in [1.29, 1.82) is 0 Å². The first-order chi connectivity index (χ1) is 12.5. The van der Waals surface area contributed by atoms with Crippen LogP contribution in [0.2, 0.25) is 0 Å². The third-order valence-corrected chi connectivity index (χ3v) is 3.77. The van der Waals surface area contributed by atoms with Crippen LogP contribution in [0.15, 0.2) is 54.6 Å². The number of rotatable bonds is 9. The molecule has 6 heteroatoms. The van der Waals surface area contributed by atoms with Crippen molar-refractivity contribution >= 4 is 23.5 Å². The lowest BCUT2D eigenvalue weighted by molar-refractivity contribution is -0.136. The predicted octanol–water partition coefficient (Wildman–Crippen LogP) is 2.85. The molecule has 26 heavy (non-hydrogen) atoms. The van der Waals surface area contributed by atoms with E-state index in [0.717, 1.165) is 12.8 Å². The van der Waals surface area contributed by atoms with Crippen LogP contribution in [0.1, 0.15) is 35.2 Å². The average Bonchev–Trinajstić information content (AvgIpc) is 2.63. The molecule has 2 amide bonds. The van der Waals surface area contributed by atoms with Crippen molar-refractivity contribution in [3.8, 4) is 0 Å². The van der Waals surface area contributed by atoms with Crippen molar-refractivity contribution in [2.24, 2.45) is 0 Å². The molecule has 0 atom stereocenters. The van der Waals surface area contributed by atoms with Crippen molar-refractivity contribution < 1.29 is 19.5 Å². The Labute approximate surface area is 152 Å². The number of carbonyl (C=O) groups excluding carboxylic acids is 2. The Morgan fingerprint density at radius 2 is 1.58 bits per heavy atom. The first-order valence-electron chi connectivity index (χ1n) is 8.48. The maximum absolute atomic E-state index is 12.0. The van der Waals surface area contributed by atoms with Crippen LogP contribution in [0.4, 0.5) is 5.69 Å². The number of carboxylic acids is 1. The van der Waals surface area contributed by atoms with E-state index in [-0.39, 0.29) is 24.8 Å². The summed E-state index contributed by atoms with van der Waals surface area (Å²) in [5.41, 5.74) is 2.24. The van der Waals surface area contributed by atoms with E-state index >= 15 is 0 Å². The molecule has 0 aromatic heterocycles. The Morgan fingerprint density at radius 3 is 2.23 bits per heavy atom. The van der Waals surface area contributed by atoms with Gasteiger partial charge in [0.05, 0.1) is 6.42 Å². The van der Waals surface area contributed by atoms with Crippen LogP contribution in [-0.2, 0) is 16.0 Å². The largest absolute Gasteiger partial charge is 0.481 e. The van der Waals surface area contributed by atoms with E-state index in [1.807, 2.05) is 30.3 Å². The maximum atomic E-state index is 12.0. The monoisotopic (exact) mass is 354 g/mol. The molecule has 0 radical (unpaired) electrons. The van der Waals surface area contributed by atoms with E-state index in [0.29, 0.717) is 17.7 Å². The highest BCUT2D eigenvalue weighted by Gasteiger charge is 2.07. The summed E-state index contributed by atoms with van der Waals surface area (Å²) in [5.74, 6) is -1.37. The highest BCUT2D eigenvalue weighted by atomic mass is 16.4. The SMILES string of the molecule is O=C(O)CCNC(=O)c1ccc(NC(=O)CCCc2ccccc2)cc1. The molecule has 0 unspecified atom stereocenters. The molecule has 0 aliphatic heterocycles. The number of aryl methyl sites for hydroxylation is 1. The molecule has 0 fully saturated rings. The fourth-order valence-electron chi connectivity index (χ4n) is 2.41. The van der Waals surface area contributed by atoms with Crippen molar-refractivity contribution in [3.05, 3.63) is 65.7 Å². The van der Waals surface area contributed by atoms with Crippen LogP contribution in [0, 0.1) is 0 Å². The third kappa shape index (κ3) is 6.76. The molecule has 2 aromatic carbocycles. The number of nitrogens with one attached hydrogen (secondary N) is 2. The number of amides is 2.